The van der Waals surface area contributed by atoms with E-state index in [4.69, 9.17) is 0 Å². The lowest BCUT2D eigenvalue weighted by atomic mass is 10.4. The Labute approximate surface area is 68.7 Å². The lowest BCUT2D eigenvalue weighted by Crippen LogP contribution is -2.00. The van der Waals surface area contributed by atoms with Gasteiger partial charge in [-0.2, -0.15) is 5.10 Å². The normalized spacial score (nSPS) is 11.5. The average Bonchev–Trinajstić information content (AvgIpc) is 2.40. The molecule has 0 atom stereocenters. The number of nitrogens with zero attached hydrogens (tertiary/aromatic N) is 3. The number of fused-ring (bicyclic) bond motifs is 1. The molecule has 0 aliphatic carbocycles. The Kier molecular flexibility index (Phi) is 1.42. The van der Waals surface area contributed by atoms with Gasteiger partial charge in [-0.25, -0.2) is 4.98 Å². The molecule has 2 aromatic rings. The van der Waals surface area contributed by atoms with Crippen LogP contribution in [0.15, 0.2) is 11.7 Å². The monoisotopic (exact) mass is 167 g/mol. The van der Waals surface area contributed by atoms with Gasteiger partial charge in [0.05, 0.1) is 10.2 Å². The maximum atomic E-state index is 4.29. The molecule has 11 heavy (non-hydrogen) atoms. The average molecular weight is 167 g/mol. The van der Waals surface area contributed by atoms with E-state index in [2.05, 4.69) is 23.9 Å². The van der Waals surface area contributed by atoms with Crippen molar-refractivity contribution in [3.8, 4) is 0 Å². The second-order valence-corrected chi connectivity index (χ2v) is 3.63. The molecule has 0 bridgehead atoms. The number of hydrogen-bond acceptors (Lipinski definition) is 3. The summed E-state index contributed by atoms with van der Waals surface area (Å²) in [6.45, 7) is 4.22. The third kappa shape index (κ3) is 1.03. The predicted octanol–water partition coefficient (Wildman–Crippen LogP) is 2.07. The molecule has 0 aliphatic heterocycles. The van der Waals surface area contributed by atoms with E-state index in [1.807, 2.05) is 16.4 Å². The van der Waals surface area contributed by atoms with Gasteiger partial charge in [0.15, 0.2) is 5.65 Å². The molecule has 0 N–H and O–H groups in total. The minimum absolute atomic E-state index is 0.427. The zero-order valence-corrected chi connectivity index (χ0v) is 7.30. The fraction of sp³-hybridized carbons (Fsp3) is 0.429. The van der Waals surface area contributed by atoms with Crippen LogP contribution in [-0.4, -0.2) is 14.8 Å². The van der Waals surface area contributed by atoms with E-state index in [-0.39, 0.29) is 0 Å². The summed E-state index contributed by atoms with van der Waals surface area (Å²) in [5.74, 6) is 0. The molecule has 0 unspecified atom stereocenters. The number of hydrogen-bond donors (Lipinski definition) is 0. The van der Waals surface area contributed by atoms with Gasteiger partial charge in [0.1, 0.15) is 0 Å². The van der Waals surface area contributed by atoms with Gasteiger partial charge >= 0.3 is 0 Å². The lowest BCUT2D eigenvalue weighted by Gasteiger charge is -2.01. The van der Waals surface area contributed by atoms with Gasteiger partial charge in [0.25, 0.3) is 0 Å². The highest BCUT2D eigenvalue weighted by Gasteiger charge is 2.04. The first-order chi connectivity index (χ1) is 5.27. The van der Waals surface area contributed by atoms with Crippen LogP contribution < -0.4 is 0 Å². The van der Waals surface area contributed by atoms with Crippen LogP contribution in [0.4, 0.5) is 0 Å². The van der Waals surface area contributed by atoms with Gasteiger partial charge in [0, 0.05) is 12.2 Å². The van der Waals surface area contributed by atoms with Crippen molar-refractivity contribution in [3.63, 3.8) is 0 Å². The highest BCUT2D eigenvalue weighted by atomic mass is 32.1. The van der Waals surface area contributed by atoms with Crippen LogP contribution >= 0.6 is 11.3 Å². The Morgan fingerprint density at radius 1 is 1.55 bits per heavy atom. The van der Waals surface area contributed by atoms with Gasteiger partial charge in [0.2, 0.25) is 0 Å². The third-order valence-corrected chi connectivity index (χ3v) is 2.32. The maximum Gasteiger partial charge on any atom is 0.192 e. The van der Waals surface area contributed by atoms with E-state index < -0.39 is 0 Å². The Morgan fingerprint density at radius 2 is 2.36 bits per heavy atom. The highest BCUT2D eigenvalue weighted by Crippen LogP contribution is 2.17. The zero-order valence-electron chi connectivity index (χ0n) is 6.48. The van der Waals surface area contributed by atoms with Crippen molar-refractivity contribution in [3.05, 3.63) is 11.7 Å². The van der Waals surface area contributed by atoms with Crippen molar-refractivity contribution in [2.75, 3.05) is 0 Å². The summed E-state index contributed by atoms with van der Waals surface area (Å²) in [4.78, 5) is 4.11. The Hall–Kier alpha value is -0.900. The fourth-order valence-corrected chi connectivity index (χ4v) is 1.57. The summed E-state index contributed by atoms with van der Waals surface area (Å²) in [5.41, 5.74) is 2.69. The molecule has 2 aromatic heterocycles. The molecule has 2 heterocycles. The highest BCUT2D eigenvalue weighted by molar-refractivity contribution is 7.16. The largest absolute Gasteiger partial charge is 0.267 e. The van der Waals surface area contributed by atoms with Gasteiger partial charge in [-0.1, -0.05) is 0 Å². The molecule has 0 aliphatic rings. The van der Waals surface area contributed by atoms with Gasteiger partial charge < -0.3 is 0 Å². The Morgan fingerprint density at radius 3 is 3.00 bits per heavy atom. The van der Waals surface area contributed by atoms with E-state index in [9.17, 15) is 0 Å². The van der Waals surface area contributed by atoms with Crippen molar-refractivity contribution in [1.82, 2.24) is 14.8 Å². The lowest BCUT2D eigenvalue weighted by molar-refractivity contribution is 0.536. The van der Waals surface area contributed by atoms with E-state index >= 15 is 0 Å². The van der Waals surface area contributed by atoms with Crippen LogP contribution in [0.25, 0.3) is 10.3 Å². The molecule has 58 valence electrons. The van der Waals surface area contributed by atoms with Crippen molar-refractivity contribution in [1.29, 1.82) is 0 Å². The fourth-order valence-electron chi connectivity index (χ4n) is 0.936. The molecule has 0 saturated heterocycles. The van der Waals surface area contributed by atoms with Crippen LogP contribution in [0.3, 0.4) is 0 Å². The van der Waals surface area contributed by atoms with Crippen LogP contribution in [0.5, 0.6) is 0 Å². The summed E-state index contributed by atoms with van der Waals surface area (Å²) in [7, 11) is 0. The first-order valence-electron chi connectivity index (χ1n) is 3.56. The zero-order chi connectivity index (χ0) is 7.84. The molecular formula is C7H9N3S. The third-order valence-electron chi connectivity index (χ3n) is 1.56. The molecule has 4 heteroatoms. The standard InChI is InChI=1S/C7H9N3S/c1-5(2)10-3-6-7(9-10)8-4-11-6/h3-5H,1-2H3. The molecule has 0 aromatic carbocycles. The summed E-state index contributed by atoms with van der Waals surface area (Å²) >= 11 is 1.63. The number of aromatic nitrogens is 3. The van der Waals surface area contributed by atoms with E-state index in [0.29, 0.717) is 6.04 Å². The van der Waals surface area contributed by atoms with Crippen molar-refractivity contribution in [2.45, 2.75) is 19.9 Å². The molecule has 3 nitrogen and oxygen atoms in total. The van der Waals surface area contributed by atoms with Gasteiger partial charge in [-0.15, -0.1) is 11.3 Å². The quantitative estimate of drug-likeness (QED) is 0.651. The smallest absolute Gasteiger partial charge is 0.192 e. The number of rotatable bonds is 1. The molecule has 0 fully saturated rings. The predicted molar refractivity (Wildman–Crippen MR) is 45.8 cm³/mol. The second kappa shape index (κ2) is 2.30. The molecular weight excluding hydrogens is 158 g/mol. The molecule has 0 saturated carbocycles. The van der Waals surface area contributed by atoms with Crippen molar-refractivity contribution < 1.29 is 0 Å². The maximum absolute atomic E-state index is 4.29. The Balaban J connectivity index is 2.58. The first-order valence-corrected chi connectivity index (χ1v) is 4.43. The summed E-state index contributed by atoms with van der Waals surface area (Å²) in [6, 6.07) is 0.427. The van der Waals surface area contributed by atoms with E-state index in [0.717, 1.165) is 5.65 Å². The van der Waals surface area contributed by atoms with Gasteiger partial charge in [-0.3, -0.25) is 4.68 Å². The molecule has 2 rings (SSSR count). The van der Waals surface area contributed by atoms with Crippen LogP contribution in [0.1, 0.15) is 19.9 Å². The van der Waals surface area contributed by atoms with Crippen LogP contribution in [-0.2, 0) is 0 Å². The van der Waals surface area contributed by atoms with E-state index in [1.54, 1.807) is 11.3 Å². The second-order valence-electron chi connectivity index (χ2n) is 2.74. The molecule has 0 amide bonds. The summed E-state index contributed by atoms with van der Waals surface area (Å²) in [6.07, 6.45) is 2.04. The number of thiazole rings is 1. The SMILES string of the molecule is CC(C)n1cc2scnc2n1. The summed E-state index contributed by atoms with van der Waals surface area (Å²) in [5, 5.41) is 4.29. The van der Waals surface area contributed by atoms with Crippen molar-refractivity contribution in [2.24, 2.45) is 0 Å². The molecule has 0 radical (unpaired) electrons. The topological polar surface area (TPSA) is 30.7 Å². The van der Waals surface area contributed by atoms with Crippen LogP contribution in [0, 0.1) is 0 Å². The minimum atomic E-state index is 0.427. The van der Waals surface area contributed by atoms with Crippen molar-refractivity contribution >= 4 is 21.7 Å². The summed E-state index contributed by atoms with van der Waals surface area (Å²) < 4.78 is 3.10. The van der Waals surface area contributed by atoms with E-state index in [1.165, 1.54) is 4.70 Å². The molecule has 0 spiro atoms. The Bertz CT molecular complexity index is 332. The van der Waals surface area contributed by atoms with Gasteiger partial charge in [-0.05, 0) is 13.8 Å². The minimum Gasteiger partial charge on any atom is -0.267 e. The van der Waals surface area contributed by atoms with Crippen LogP contribution in [0.2, 0.25) is 0 Å². The first kappa shape index (κ1) is 6.79.